The molecule has 0 aliphatic rings. The second-order valence-electron chi connectivity index (χ2n) is 5.75. The molecule has 0 fully saturated rings. The molecule has 0 aromatic heterocycles. The molecule has 0 heterocycles. The molecule has 2 aromatic carbocycles. The van der Waals surface area contributed by atoms with Crippen LogP contribution in [0.5, 0.6) is 11.5 Å². The monoisotopic (exact) mass is 336 g/mol. The largest absolute Gasteiger partial charge is 1.00 e. The van der Waals surface area contributed by atoms with Gasteiger partial charge in [0, 0.05) is 11.6 Å². The SMILES string of the molecule is CC(C)Oc1ccc([P-]C(=O)c2ccccc2)c(OC(C)C)c1.[Li+]. The van der Waals surface area contributed by atoms with E-state index in [-0.39, 0.29) is 36.6 Å². The van der Waals surface area contributed by atoms with Gasteiger partial charge in [-0.05, 0) is 39.3 Å². The molecule has 0 aliphatic carbocycles. The molecule has 2 rings (SSSR count). The van der Waals surface area contributed by atoms with Gasteiger partial charge in [0.15, 0.2) is 0 Å². The Balaban J connectivity index is 0.00000288. The van der Waals surface area contributed by atoms with Crippen LogP contribution < -0.4 is 33.6 Å². The van der Waals surface area contributed by atoms with Crippen molar-refractivity contribution < 1.29 is 33.1 Å². The number of carbonyl (C=O) groups excluding carboxylic acids is 1. The van der Waals surface area contributed by atoms with E-state index in [4.69, 9.17) is 9.47 Å². The standard InChI is InChI=1S/C19H22O3P.Li/c1-13(2)21-16-10-11-18(17(12-16)22-14(3)4)23-19(20)15-8-6-5-7-9-15;/h5-14H,1-4H3;/q-1;+1. The van der Waals surface area contributed by atoms with Crippen LogP contribution in [0.3, 0.4) is 0 Å². The van der Waals surface area contributed by atoms with Gasteiger partial charge in [-0.3, -0.25) is 0 Å². The molecule has 2 aromatic rings. The third-order valence-corrected chi connectivity index (χ3v) is 3.98. The summed E-state index contributed by atoms with van der Waals surface area (Å²) in [4.78, 5) is 12.4. The first-order chi connectivity index (χ1) is 11.0. The Morgan fingerprint density at radius 2 is 1.54 bits per heavy atom. The van der Waals surface area contributed by atoms with Gasteiger partial charge in [0.2, 0.25) is 0 Å². The number of carbonyl (C=O) groups is 1. The Bertz CT molecular complexity index is 657. The summed E-state index contributed by atoms with van der Waals surface area (Å²) in [6.45, 7) is 7.90. The fourth-order valence-corrected chi connectivity index (χ4v) is 2.91. The summed E-state index contributed by atoms with van der Waals surface area (Å²) in [6, 6.07) is 14.9. The number of benzene rings is 2. The molecule has 0 amide bonds. The molecule has 0 aliphatic heterocycles. The number of hydrogen-bond donors (Lipinski definition) is 0. The predicted octanol–water partition coefficient (Wildman–Crippen LogP) is 1.68. The van der Waals surface area contributed by atoms with Crippen molar-refractivity contribution in [3.05, 3.63) is 54.1 Å². The van der Waals surface area contributed by atoms with Crippen molar-refractivity contribution in [1.29, 1.82) is 0 Å². The van der Waals surface area contributed by atoms with Crippen molar-refractivity contribution in [2.24, 2.45) is 0 Å². The second-order valence-corrected chi connectivity index (χ2v) is 6.86. The summed E-state index contributed by atoms with van der Waals surface area (Å²) < 4.78 is 11.6. The normalized spacial score (nSPS) is 10.9. The van der Waals surface area contributed by atoms with Gasteiger partial charge in [0.25, 0.3) is 0 Å². The van der Waals surface area contributed by atoms with Crippen molar-refractivity contribution in [2.45, 2.75) is 39.9 Å². The summed E-state index contributed by atoms with van der Waals surface area (Å²) in [5, 5.41) is 0.851. The fourth-order valence-electron chi connectivity index (χ4n) is 2.04. The van der Waals surface area contributed by atoms with Crippen LogP contribution in [0.2, 0.25) is 0 Å². The molecular weight excluding hydrogens is 314 g/mol. The summed E-state index contributed by atoms with van der Waals surface area (Å²) in [5.74, 6) is 1.45. The van der Waals surface area contributed by atoms with Crippen LogP contribution in [0.4, 0.5) is 0 Å². The van der Waals surface area contributed by atoms with Crippen LogP contribution in [0.15, 0.2) is 48.5 Å². The summed E-state index contributed by atoms with van der Waals surface area (Å²) in [7, 11) is 0.600. The maximum atomic E-state index is 12.4. The van der Waals surface area contributed by atoms with E-state index in [1.165, 1.54) is 0 Å². The van der Waals surface area contributed by atoms with Crippen molar-refractivity contribution in [3.63, 3.8) is 0 Å². The topological polar surface area (TPSA) is 35.5 Å². The Kier molecular flexibility index (Phi) is 8.57. The Labute approximate surface area is 158 Å². The predicted molar refractivity (Wildman–Crippen MR) is 95.3 cm³/mol. The number of hydrogen-bond acceptors (Lipinski definition) is 3. The van der Waals surface area contributed by atoms with Crippen LogP contribution in [-0.2, 0) is 0 Å². The van der Waals surface area contributed by atoms with Crippen molar-refractivity contribution in [3.8, 4) is 11.5 Å². The zero-order chi connectivity index (χ0) is 16.8. The van der Waals surface area contributed by atoms with Crippen LogP contribution in [0.1, 0.15) is 38.1 Å². The minimum atomic E-state index is 0. The maximum Gasteiger partial charge on any atom is 1.00 e. The van der Waals surface area contributed by atoms with E-state index in [0.29, 0.717) is 19.9 Å². The van der Waals surface area contributed by atoms with E-state index >= 15 is 0 Å². The maximum absolute atomic E-state index is 12.4. The van der Waals surface area contributed by atoms with E-state index in [9.17, 15) is 4.79 Å². The van der Waals surface area contributed by atoms with Gasteiger partial charge in [-0.15, -0.1) is 0 Å². The van der Waals surface area contributed by atoms with Gasteiger partial charge in [-0.25, -0.2) is 0 Å². The van der Waals surface area contributed by atoms with Crippen LogP contribution in [-0.4, -0.2) is 17.7 Å². The van der Waals surface area contributed by atoms with Crippen molar-refractivity contribution in [2.75, 3.05) is 0 Å². The van der Waals surface area contributed by atoms with Crippen LogP contribution >= 0.6 is 8.58 Å². The number of rotatable bonds is 7. The first-order valence-electron chi connectivity index (χ1n) is 7.74. The molecule has 5 heteroatoms. The molecule has 0 saturated carbocycles. The third-order valence-electron chi connectivity index (χ3n) is 2.91. The van der Waals surface area contributed by atoms with Crippen LogP contribution in [0.25, 0.3) is 0 Å². The second kappa shape index (κ2) is 9.89. The third kappa shape index (κ3) is 6.33. The minimum Gasteiger partial charge on any atom is -0.493 e. The molecule has 0 N–H and O–H groups in total. The molecule has 0 spiro atoms. The summed E-state index contributed by atoms with van der Waals surface area (Å²) in [6.07, 6.45) is 0.126. The Hall–Kier alpha value is -1.26. The Morgan fingerprint density at radius 3 is 2.12 bits per heavy atom. The van der Waals surface area contributed by atoms with Crippen molar-refractivity contribution >= 4 is 19.4 Å². The van der Waals surface area contributed by atoms with Gasteiger partial charge in [-0.2, -0.15) is 5.30 Å². The van der Waals surface area contributed by atoms with E-state index in [1.807, 2.05) is 76.2 Å². The van der Waals surface area contributed by atoms with Gasteiger partial charge in [-0.1, -0.05) is 36.4 Å². The zero-order valence-electron chi connectivity index (χ0n) is 14.9. The molecule has 0 bridgehead atoms. The van der Waals surface area contributed by atoms with Crippen molar-refractivity contribution in [1.82, 2.24) is 0 Å². The summed E-state index contributed by atoms with van der Waals surface area (Å²) >= 11 is 0. The molecule has 122 valence electrons. The first kappa shape index (κ1) is 20.8. The van der Waals surface area contributed by atoms with Gasteiger partial charge >= 0.3 is 18.9 Å². The average Bonchev–Trinajstić information content (AvgIpc) is 2.49. The van der Waals surface area contributed by atoms with E-state index in [0.717, 1.165) is 11.1 Å². The first-order valence-corrected chi connectivity index (χ1v) is 8.63. The molecular formula is C19H22LiO3P. The summed E-state index contributed by atoms with van der Waals surface area (Å²) in [5.41, 5.74) is 0.754. The quantitative estimate of drug-likeness (QED) is 0.570. The minimum absolute atomic E-state index is 0. The van der Waals surface area contributed by atoms with Gasteiger partial charge in [0.1, 0.15) is 5.75 Å². The molecule has 0 radical (unpaired) electrons. The Morgan fingerprint density at radius 1 is 0.917 bits per heavy atom. The average molecular weight is 336 g/mol. The fraction of sp³-hybridized carbons (Fsp3) is 0.316. The van der Waals surface area contributed by atoms with Gasteiger partial charge < -0.3 is 22.8 Å². The van der Waals surface area contributed by atoms with E-state index < -0.39 is 0 Å². The number of ether oxygens (including phenoxy) is 2. The van der Waals surface area contributed by atoms with E-state index in [1.54, 1.807) is 0 Å². The smallest absolute Gasteiger partial charge is 0.493 e. The molecule has 0 atom stereocenters. The molecule has 0 saturated heterocycles. The van der Waals surface area contributed by atoms with Crippen LogP contribution in [0, 0.1) is 0 Å². The molecule has 3 nitrogen and oxygen atoms in total. The van der Waals surface area contributed by atoms with E-state index in [2.05, 4.69) is 0 Å². The van der Waals surface area contributed by atoms with Gasteiger partial charge in [0.05, 0.1) is 18.0 Å². The zero-order valence-corrected chi connectivity index (χ0v) is 15.8. The molecule has 24 heavy (non-hydrogen) atoms. The molecule has 0 unspecified atom stereocenters.